The highest BCUT2D eigenvalue weighted by molar-refractivity contribution is 5.94. The van der Waals surface area contributed by atoms with Crippen LogP contribution in [0.1, 0.15) is 23.6 Å². The maximum Gasteiger partial charge on any atom is 0.416 e. The zero-order valence-electron chi connectivity index (χ0n) is 13.6. The van der Waals surface area contributed by atoms with Crippen molar-refractivity contribution >= 4 is 11.6 Å². The molecule has 2 aromatic carbocycles. The van der Waals surface area contributed by atoms with Gasteiger partial charge in [0.25, 0.3) is 5.91 Å². The van der Waals surface area contributed by atoms with Gasteiger partial charge in [-0.2, -0.15) is 13.2 Å². The summed E-state index contributed by atoms with van der Waals surface area (Å²) in [5.41, 5.74) is 1.20. The molecule has 0 bridgehead atoms. The molecule has 1 N–H and O–H groups in total. The van der Waals surface area contributed by atoms with Gasteiger partial charge in [0.2, 0.25) is 0 Å². The Bertz CT molecular complexity index is 741. The number of aryl methyl sites for hydroxylation is 1. The predicted molar refractivity (Wildman–Crippen MR) is 86.1 cm³/mol. The Labute approximate surface area is 138 Å². The molecule has 0 fully saturated rings. The van der Waals surface area contributed by atoms with Crippen LogP contribution in [0, 0.1) is 13.8 Å². The number of rotatable bonds is 4. The third-order valence-electron chi connectivity index (χ3n) is 3.69. The van der Waals surface area contributed by atoms with Gasteiger partial charge in [0.15, 0.2) is 6.10 Å². The molecule has 0 radical (unpaired) electrons. The highest BCUT2D eigenvalue weighted by Gasteiger charge is 2.30. The molecule has 6 heteroatoms. The average Bonchev–Trinajstić information content (AvgIpc) is 2.51. The van der Waals surface area contributed by atoms with Crippen LogP contribution in [0.4, 0.5) is 18.9 Å². The van der Waals surface area contributed by atoms with Gasteiger partial charge in [0.05, 0.1) is 5.56 Å². The minimum atomic E-state index is -4.46. The SMILES string of the molecule is Cc1cccc(O[C@@H](C)C(=O)Nc2cccc(C(F)(F)F)c2)c1C. The summed E-state index contributed by atoms with van der Waals surface area (Å²) in [6.07, 6.45) is -5.30. The van der Waals surface area contributed by atoms with Crippen LogP contribution in [0.15, 0.2) is 42.5 Å². The molecular weight excluding hydrogens is 319 g/mol. The van der Waals surface area contributed by atoms with E-state index in [-0.39, 0.29) is 5.69 Å². The number of benzene rings is 2. The Morgan fingerprint density at radius 3 is 2.46 bits per heavy atom. The van der Waals surface area contributed by atoms with E-state index in [9.17, 15) is 18.0 Å². The average molecular weight is 337 g/mol. The second-order valence-electron chi connectivity index (χ2n) is 5.53. The summed E-state index contributed by atoms with van der Waals surface area (Å²) >= 11 is 0. The number of anilines is 1. The summed E-state index contributed by atoms with van der Waals surface area (Å²) in [6.45, 7) is 5.35. The maximum absolute atomic E-state index is 12.7. The summed E-state index contributed by atoms with van der Waals surface area (Å²) in [4.78, 5) is 12.2. The lowest BCUT2D eigenvalue weighted by Gasteiger charge is -2.17. The van der Waals surface area contributed by atoms with Crippen molar-refractivity contribution in [3.05, 3.63) is 59.2 Å². The molecule has 3 nitrogen and oxygen atoms in total. The standard InChI is InChI=1S/C18H18F3NO2/c1-11-6-4-9-16(12(11)2)24-13(3)17(23)22-15-8-5-7-14(10-15)18(19,20)21/h4-10,13H,1-3H3,(H,22,23)/t13-/m0/s1. The molecule has 1 atom stereocenters. The van der Waals surface area contributed by atoms with Crippen molar-refractivity contribution < 1.29 is 22.7 Å². The van der Waals surface area contributed by atoms with Gasteiger partial charge in [0.1, 0.15) is 5.75 Å². The van der Waals surface area contributed by atoms with Crippen molar-refractivity contribution in [2.45, 2.75) is 33.1 Å². The molecule has 0 heterocycles. The molecule has 0 aromatic heterocycles. The van der Waals surface area contributed by atoms with Crippen LogP contribution in [0.25, 0.3) is 0 Å². The Morgan fingerprint density at radius 2 is 1.79 bits per heavy atom. The van der Waals surface area contributed by atoms with Gasteiger partial charge in [-0.25, -0.2) is 0 Å². The first-order valence-corrected chi connectivity index (χ1v) is 7.39. The molecule has 0 spiro atoms. The van der Waals surface area contributed by atoms with E-state index in [1.54, 1.807) is 13.0 Å². The molecule has 0 aliphatic carbocycles. The Balaban J connectivity index is 2.08. The third-order valence-corrected chi connectivity index (χ3v) is 3.69. The van der Waals surface area contributed by atoms with E-state index >= 15 is 0 Å². The van der Waals surface area contributed by atoms with E-state index in [1.807, 2.05) is 26.0 Å². The number of hydrogen-bond donors (Lipinski definition) is 1. The molecule has 2 aromatic rings. The van der Waals surface area contributed by atoms with Crippen molar-refractivity contribution in [2.75, 3.05) is 5.32 Å². The van der Waals surface area contributed by atoms with Crippen LogP contribution in [-0.2, 0) is 11.0 Å². The molecule has 24 heavy (non-hydrogen) atoms. The highest BCUT2D eigenvalue weighted by Crippen LogP contribution is 2.30. The molecule has 2 rings (SSSR count). The molecular formula is C18H18F3NO2. The normalized spacial score (nSPS) is 12.6. The fourth-order valence-corrected chi connectivity index (χ4v) is 2.11. The number of carbonyl (C=O) groups excluding carboxylic acids is 1. The summed E-state index contributed by atoms with van der Waals surface area (Å²) in [6, 6.07) is 9.97. The molecule has 0 aliphatic heterocycles. The second kappa shape index (κ2) is 6.95. The molecule has 0 saturated heterocycles. The number of ether oxygens (including phenoxy) is 1. The van der Waals surface area contributed by atoms with Crippen molar-refractivity contribution in [2.24, 2.45) is 0 Å². The molecule has 1 amide bonds. The monoisotopic (exact) mass is 337 g/mol. The summed E-state index contributed by atoms with van der Waals surface area (Å²) in [7, 11) is 0. The van der Waals surface area contributed by atoms with Crippen LogP contribution < -0.4 is 10.1 Å². The number of halogens is 3. The fraction of sp³-hybridized carbons (Fsp3) is 0.278. The zero-order valence-corrected chi connectivity index (χ0v) is 13.6. The van der Waals surface area contributed by atoms with Gasteiger partial charge in [0, 0.05) is 5.69 Å². The first-order chi connectivity index (χ1) is 11.2. The van der Waals surface area contributed by atoms with Gasteiger partial charge in [-0.05, 0) is 56.2 Å². The lowest BCUT2D eigenvalue weighted by molar-refractivity contribution is -0.137. The zero-order chi connectivity index (χ0) is 17.9. The van der Waals surface area contributed by atoms with Crippen LogP contribution in [0.5, 0.6) is 5.75 Å². The van der Waals surface area contributed by atoms with Gasteiger partial charge in [-0.1, -0.05) is 18.2 Å². The molecule has 128 valence electrons. The Hall–Kier alpha value is -2.50. The number of nitrogens with one attached hydrogen (secondary N) is 1. The van der Waals surface area contributed by atoms with E-state index < -0.39 is 23.8 Å². The highest BCUT2D eigenvalue weighted by atomic mass is 19.4. The topological polar surface area (TPSA) is 38.3 Å². The van der Waals surface area contributed by atoms with Gasteiger partial charge < -0.3 is 10.1 Å². The van der Waals surface area contributed by atoms with Crippen molar-refractivity contribution in [1.29, 1.82) is 0 Å². The van der Waals surface area contributed by atoms with Crippen molar-refractivity contribution in [3.8, 4) is 5.75 Å². The predicted octanol–water partition coefficient (Wildman–Crippen LogP) is 4.73. The number of hydrogen-bond acceptors (Lipinski definition) is 2. The van der Waals surface area contributed by atoms with Gasteiger partial charge in [-0.15, -0.1) is 0 Å². The number of amides is 1. The van der Waals surface area contributed by atoms with Crippen LogP contribution in [-0.4, -0.2) is 12.0 Å². The summed E-state index contributed by atoms with van der Waals surface area (Å²) in [5.74, 6) is 0.0527. The van der Waals surface area contributed by atoms with E-state index in [1.165, 1.54) is 12.1 Å². The number of alkyl halides is 3. The maximum atomic E-state index is 12.7. The van der Waals surface area contributed by atoms with Crippen molar-refractivity contribution in [3.63, 3.8) is 0 Å². The Kier molecular flexibility index (Phi) is 5.17. The first-order valence-electron chi connectivity index (χ1n) is 7.39. The van der Waals surface area contributed by atoms with E-state index in [4.69, 9.17) is 4.74 Å². The van der Waals surface area contributed by atoms with E-state index in [2.05, 4.69) is 5.32 Å². The minimum absolute atomic E-state index is 0.0752. The van der Waals surface area contributed by atoms with Crippen molar-refractivity contribution in [1.82, 2.24) is 0 Å². The second-order valence-corrected chi connectivity index (χ2v) is 5.53. The number of carbonyl (C=O) groups is 1. The van der Waals surface area contributed by atoms with Gasteiger partial charge >= 0.3 is 6.18 Å². The molecule has 0 unspecified atom stereocenters. The smallest absolute Gasteiger partial charge is 0.416 e. The van der Waals surface area contributed by atoms with E-state index in [0.717, 1.165) is 23.3 Å². The van der Waals surface area contributed by atoms with Crippen LogP contribution >= 0.6 is 0 Å². The Morgan fingerprint density at radius 1 is 1.12 bits per heavy atom. The lowest BCUT2D eigenvalue weighted by atomic mass is 10.1. The van der Waals surface area contributed by atoms with E-state index in [0.29, 0.717) is 5.75 Å². The van der Waals surface area contributed by atoms with Crippen LogP contribution in [0.2, 0.25) is 0 Å². The first kappa shape index (κ1) is 17.8. The van der Waals surface area contributed by atoms with Gasteiger partial charge in [-0.3, -0.25) is 4.79 Å². The van der Waals surface area contributed by atoms with Crippen LogP contribution in [0.3, 0.4) is 0 Å². The molecule has 0 saturated carbocycles. The summed E-state index contributed by atoms with van der Waals surface area (Å²) < 4.78 is 43.7. The minimum Gasteiger partial charge on any atom is -0.481 e. The lowest BCUT2D eigenvalue weighted by Crippen LogP contribution is -2.30. The fourth-order valence-electron chi connectivity index (χ4n) is 2.11. The third kappa shape index (κ3) is 4.28. The molecule has 0 aliphatic rings. The largest absolute Gasteiger partial charge is 0.481 e. The summed E-state index contributed by atoms with van der Waals surface area (Å²) in [5, 5.41) is 2.44. The quantitative estimate of drug-likeness (QED) is 0.876.